The van der Waals surface area contributed by atoms with E-state index in [4.69, 9.17) is 10.5 Å². The summed E-state index contributed by atoms with van der Waals surface area (Å²) in [5.41, 5.74) is 6.55. The van der Waals surface area contributed by atoms with Crippen molar-refractivity contribution in [2.45, 2.75) is 19.1 Å². The standard InChI is InChI=1S/C14H20N2O3/c15-7-12-6-13(17)9-16(8-12)14(18)19-10-11-4-2-1-3-5-11/h1-5,12-13,17H,6-10,15H2. The molecule has 19 heavy (non-hydrogen) atoms. The number of nitrogens with two attached hydrogens (primary N) is 1. The van der Waals surface area contributed by atoms with E-state index in [1.54, 1.807) is 0 Å². The average Bonchev–Trinajstić information content (AvgIpc) is 2.45. The van der Waals surface area contributed by atoms with Crippen LogP contribution in [0.15, 0.2) is 30.3 Å². The summed E-state index contributed by atoms with van der Waals surface area (Å²) < 4.78 is 5.24. The lowest BCUT2D eigenvalue weighted by atomic mass is 9.96. The first-order valence-electron chi connectivity index (χ1n) is 6.52. The lowest BCUT2D eigenvalue weighted by Gasteiger charge is -2.34. The van der Waals surface area contributed by atoms with Crippen LogP contribution in [-0.4, -0.2) is 41.8 Å². The molecule has 5 heteroatoms. The minimum atomic E-state index is -0.508. The van der Waals surface area contributed by atoms with E-state index in [1.807, 2.05) is 30.3 Å². The molecule has 1 aliphatic heterocycles. The summed E-state index contributed by atoms with van der Waals surface area (Å²) in [5.74, 6) is 0.146. The number of aliphatic hydroxyl groups excluding tert-OH is 1. The fourth-order valence-electron chi connectivity index (χ4n) is 2.30. The third-order valence-corrected chi connectivity index (χ3v) is 3.31. The third kappa shape index (κ3) is 3.94. The van der Waals surface area contributed by atoms with Gasteiger partial charge in [-0.1, -0.05) is 30.3 Å². The molecule has 0 spiro atoms. The van der Waals surface area contributed by atoms with Crippen LogP contribution in [0.25, 0.3) is 0 Å². The first-order chi connectivity index (χ1) is 9.19. The number of nitrogens with zero attached hydrogens (tertiary/aromatic N) is 1. The van der Waals surface area contributed by atoms with Crippen molar-refractivity contribution in [2.75, 3.05) is 19.6 Å². The number of hydrogen-bond donors (Lipinski definition) is 2. The second-order valence-corrected chi connectivity index (χ2v) is 4.94. The molecule has 1 aliphatic rings. The van der Waals surface area contributed by atoms with Crippen molar-refractivity contribution in [1.82, 2.24) is 4.90 Å². The molecule has 0 bridgehead atoms. The normalized spacial score (nSPS) is 23.2. The van der Waals surface area contributed by atoms with Gasteiger partial charge in [0.1, 0.15) is 6.61 Å². The summed E-state index contributed by atoms with van der Waals surface area (Å²) in [6, 6.07) is 9.52. The SMILES string of the molecule is NCC1CC(O)CN(C(=O)OCc2ccccc2)C1. The van der Waals surface area contributed by atoms with Crippen molar-refractivity contribution in [3.63, 3.8) is 0 Å². The molecular weight excluding hydrogens is 244 g/mol. The number of likely N-dealkylation sites (tertiary alicyclic amines) is 1. The highest BCUT2D eigenvalue weighted by molar-refractivity contribution is 5.67. The van der Waals surface area contributed by atoms with Crippen LogP contribution in [-0.2, 0) is 11.3 Å². The van der Waals surface area contributed by atoms with Gasteiger partial charge in [-0.2, -0.15) is 0 Å². The summed E-state index contributed by atoms with van der Waals surface area (Å²) in [5, 5.41) is 9.71. The molecule has 2 rings (SSSR count). The van der Waals surface area contributed by atoms with Crippen LogP contribution in [0.5, 0.6) is 0 Å². The molecule has 2 unspecified atom stereocenters. The van der Waals surface area contributed by atoms with Crippen molar-refractivity contribution in [3.8, 4) is 0 Å². The van der Waals surface area contributed by atoms with E-state index in [-0.39, 0.29) is 18.6 Å². The molecule has 0 radical (unpaired) electrons. The smallest absolute Gasteiger partial charge is 0.410 e. The van der Waals surface area contributed by atoms with Crippen molar-refractivity contribution in [2.24, 2.45) is 11.7 Å². The largest absolute Gasteiger partial charge is 0.445 e. The van der Waals surface area contributed by atoms with Crippen LogP contribution in [0.2, 0.25) is 0 Å². The number of hydrogen-bond acceptors (Lipinski definition) is 4. The molecule has 1 fully saturated rings. The molecular formula is C14H20N2O3. The number of piperidine rings is 1. The Morgan fingerprint density at radius 3 is 2.79 bits per heavy atom. The van der Waals surface area contributed by atoms with Gasteiger partial charge in [-0.15, -0.1) is 0 Å². The van der Waals surface area contributed by atoms with E-state index < -0.39 is 6.10 Å². The van der Waals surface area contributed by atoms with E-state index in [0.29, 0.717) is 26.1 Å². The average molecular weight is 264 g/mol. The van der Waals surface area contributed by atoms with Crippen LogP contribution < -0.4 is 5.73 Å². The minimum absolute atomic E-state index is 0.146. The van der Waals surface area contributed by atoms with Crippen molar-refractivity contribution in [3.05, 3.63) is 35.9 Å². The predicted octanol–water partition coefficient (Wildman–Crippen LogP) is 0.965. The van der Waals surface area contributed by atoms with Gasteiger partial charge in [0.15, 0.2) is 0 Å². The van der Waals surface area contributed by atoms with Crippen LogP contribution in [0.4, 0.5) is 4.79 Å². The number of benzene rings is 1. The van der Waals surface area contributed by atoms with Gasteiger partial charge in [-0.3, -0.25) is 0 Å². The van der Waals surface area contributed by atoms with Crippen molar-refractivity contribution in [1.29, 1.82) is 0 Å². The Morgan fingerprint density at radius 2 is 2.11 bits per heavy atom. The zero-order valence-corrected chi connectivity index (χ0v) is 10.9. The van der Waals surface area contributed by atoms with E-state index >= 15 is 0 Å². The minimum Gasteiger partial charge on any atom is -0.445 e. The van der Waals surface area contributed by atoms with Crippen LogP contribution >= 0.6 is 0 Å². The number of carbonyl (C=O) groups excluding carboxylic acids is 1. The maximum absolute atomic E-state index is 11.9. The summed E-state index contributed by atoms with van der Waals surface area (Å²) in [7, 11) is 0. The van der Waals surface area contributed by atoms with Gasteiger partial charge >= 0.3 is 6.09 Å². The van der Waals surface area contributed by atoms with E-state index in [2.05, 4.69) is 0 Å². The second-order valence-electron chi connectivity index (χ2n) is 4.94. The zero-order chi connectivity index (χ0) is 13.7. The van der Waals surface area contributed by atoms with Gasteiger partial charge in [0.05, 0.1) is 6.10 Å². The van der Waals surface area contributed by atoms with Gasteiger partial charge in [0, 0.05) is 13.1 Å². The van der Waals surface area contributed by atoms with Gasteiger partial charge in [0.25, 0.3) is 0 Å². The molecule has 1 aromatic rings. The van der Waals surface area contributed by atoms with Crippen LogP contribution in [0.1, 0.15) is 12.0 Å². The highest BCUT2D eigenvalue weighted by atomic mass is 16.6. The molecule has 0 aliphatic carbocycles. The summed E-state index contributed by atoms with van der Waals surface area (Å²) in [6.07, 6.45) is -0.244. The van der Waals surface area contributed by atoms with Crippen molar-refractivity contribution >= 4 is 6.09 Å². The number of carbonyl (C=O) groups is 1. The number of rotatable bonds is 3. The van der Waals surface area contributed by atoms with Crippen molar-refractivity contribution < 1.29 is 14.6 Å². The van der Waals surface area contributed by atoms with Gasteiger partial charge in [-0.05, 0) is 24.4 Å². The van der Waals surface area contributed by atoms with Gasteiger partial charge in [-0.25, -0.2) is 4.79 Å². The maximum atomic E-state index is 11.9. The third-order valence-electron chi connectivity index (χ3n) is 3.31. The summed E-state index contributed by atoms with van der Waals surface area (Å²) in [6.45, 7) is 1.60. The Kier molecular flexibility index (Phi) is 4.76. The highest BCUT2D eigenvalue weighted by Gasteiger charge is 2.28. The molecule has 104 valence electrons. The number of aliphatic hydroxyl groups is 1. The van der Waals surface area contributed by atoms with Gasteiger partial charge < -0.3 is 20.5 Å². The summed E-state index contributed by atoms with van der Waals surface area (Å²) >= 11 is 0. The summed E-state index contributed by atoms with van der Waals surface area (Å²) in [4.78, 5) is 13.5. The second kappa shape index (κ2) is 6.54. The monoisotopic (exact) mass is 264 g/mol. The number of amides is 1. The Hall–Kier alpha value is -1.59. The van der Waals surface area contributed by atoms with Crippen LogP contribution in [0, 0.1) is 5.92 Å². The molecule has 0 saturated carbocycles. The molecule has 2 atom stereocenters. The Labute approximate surface area is 113 Å². The highest BCUT2D eigenvalue weighted by Crippen LogP contribution is 2.17. The fourth-order valence-corrected chi connectivity index (χ4v) is 2.30. The predicted molar refractivity (Wildman–Crippen MR) is 71.4 cm³/mol. The van der Waals surface area contributed by atoms with E-state index in [0.717, 1.165) is 5.56 Å². The topological polar surface area (TPSA) is 75.8 Å². The van der Waals surface area contributed by atoms with Crippen LogP contribution in [0.3, 0.4) is 0 Å². The number of β-amino-alcohol motifs (C(OH)–C–C–N with tert-alkyl or cyclic N) is 1. The lowest BCUT2D eigenvalue weighted by Crippen LogP contribution is -2.48. The first kappa shape index (κ1) is 13.8. The molecule has 0 aromatic heterocycles. The first-order valence-corrected chi connectivity index (χ1v) is 6.52. The quantitative estimate of drug-likeness (QED) is 0.852. The Balaban J connectivity index is 1.85. The number of ether oxygens (including phenoxy) is 1. The zero-order valence-electron chi connectivity index (χ0n) is 10.9. The van der Waals surface area contributed by atoms with Gasteiger partial charge in [0.2, 0.25) is 0 Å². The maximum Gasteiger partial charge on any atom is 0.410 e. The molecule has 3 N–H and O–H groups in total. The Morgan fingerprint density at radius 1 is 1.37 bits per heavy atom. The fraction of sp³-hybridized carbons (Fsp3) is 0.500. The molecule has 1 saturated heterocycles. The Bertz CT molecular complexity index is 410. The molecule has 5 nitrogen and oxygen atoms in total. The molecule has 1 heterocycles. The lowest BCUT2D eigenvalue weighted by molar-refractivity contribution is 0.0272. The molecule has 1 amide bonds. The van der Waals surface area contributed by atoms with E-state index in [1.165, 1.54) is 4.90 Å². The van der Waals surface area contributed by atoms with E-state index in [9.17, 15) is 9.90 Å². The molecule has 1 aromatic carbocycles.